The Labute approximate surface area is 143 Å². The van der Waals surface area contributed by atoms with Gasteiger partial charge in [-0.15, -0.1) is 5.10 Å². The number of nitrogens with one attached hydrogen (secondary N) is 1. The monoisotopic (exact) mass is 339 g/mol. The van der Waals surface area contributed by atoms with Crippen molar-refractivity contribution in [2.45, 2.75) is 20.5 Å². The maximum atomic E-state index is 12.1. The minimum atomic E-state index is -0.556. The number of aryl methyl sites for hydroxylation is 2. The van der Waals surface area contributed by atoms with Gasteiger partial charge < -0.3 is 10.1 Å². The molecule has 0 unspecified atom stereocenters. The third kappa shape index (κ3) is 3.97. The van der Waals surface area contributed by atoms with Crippen LogP contribution in [0.2, 0.25) is 0 Å². The molecule has 0 radical (unpaired) electrons. The van der Waals surface area contributed by atoms with Crippen LogP contribution < -0.4 is 5.32 Å². The lowest BCUT2D eigenvalue weighted by Gasteiger charge is -2.05. The number of hydrogen-bond donors (Lipinski definition) is 1. The molecule has 8 heteroatoms. The number of rotatable bonds is 5. The van der Waals surface area contributed by atoms with Crippen molar-refractivity contribution in [3.8, 4) is 0 Å². The molecule has 2 heterocycles. The molecule has 0 spiro atoms. The maximum Gasteiger partial charge on any atom is 0.325 e. The molecule has 0 saturated heterocycles. The number of ether oxygens (including phenoxy) is 1. The van der Waals surface area contributed by atoms with Crippen LogP contribution in [0, 0.1) is 13.8 Å². The van der Waals surface area contributed by atoms with Crippen molar-refractivity contribution in [3.63, 3.8) is 0 Å². The second-order valence-electron chi connectivity index (χ2n) is 5.52. The Morgan fingerprint density at radius 2 is 1.92 bits per heavy atom. The van der Waals surface area contributed by atoms with Gasteiger partial charge in [0.25, 0.3) is 11.7 Å². The number of benzene rings is 1. The van der Waals surface area contributed by atoms with Gasteiger partial charge in [-0.25, -0.2) is 9.50 Å². The summed E-state index contributed by atoms with van der Waals surface area (Å²) in [5.41, 5.74) is 2.48. The molecule has 8 nitrogen and oxygen atoms in total. The molecule has 1 N–H and O–H groups in total. The summed E-state index contributed by atoms with van der Waals surface area (Å²) in [5.74, 6) is -0.795. The Balaban J connectivity index is 1.57. The molecule has 25 heavy (non-hydrogen) atoms. The third-order valence-electron chi connectivity index (χ3n) is 3.46. The third-order valence-corrected chi connectivity index (χ3v) is 3.46. The van der Waals surface area contributed by atoms with Gasteiger partial charge in [0.05, 0.1) is 0 Å². The van der Waals surface area contributed by atoms with E-state index < -0.39 is 11.9 Å². The molecule has 1 aromatic carbocycles. The lowest BCUT2D eigenvalue weighted by Crippen LogP contribution is -2.31. The molecular formula is C17H17N5O3. The highest BCUT2D eigenvalue weighted by Gasteiger charge is 2.16. The molecule has 0 aliphatic heterocycles. The molecule has 0 aliphatic rings. The van der Waals surface area contributed by atoms with E-state index in [0.717, 1.165) is 17.0 Å². The van der Waals surface area contributed by atoms with Gasteiger partial charge in [0.1, 0.15) is 13.2 Å². The van der Waals surface area contributed by atoms with Crippen molar-refractivity contribution in [3.05, 3.63) is 59.2 Å². The first-order valence-electron chi connectivity index (χ1n) is 7.71. The second-order valence-corrected chi connectivity index (χ2v) is 5.52. The molecule has 0 atom stereocenters. The predicted molar refractivity (Wildman–Crippen MR) is 88.8 cm³/mol. The van der Waals surface area contributed by atoms with Crippen LogP contribution in [0.4, 0.5) is 0 Å². The standard InChI is InChI=1S/C17H17N5O3/c1-11-8-12(2)22-17(19-11)20-15(21-22)16(24)18-9-14(23)25-10-13-6-4-3-5-7-13/h3-8H,9-10H2,1-2H3,(H,18,24). The zero-order valence-electron chi connectivity index (χ0n) is 13.9. The largest absolute Gasteiger partial charge is 0.460 e. The van der Waals surface area contributed by atoms with Crippen LogP contribution in [0.5, 0.6) is 0 Å². The summed E-state index contributed by atoms with van der Waals surface area (Å²) in [6, 6.07) is 11.1. The fourth-order valence-electron chi connectivity index (χ4n) is 2.28. The van der Waals surface area contributed by atoms with Gasteiger partial charge in [-0.1, -0.05) is 30.3 Å². The van der Waals surface area contributed by atoms with Crippen LogP contribution in [0.15, 0.2) is 36.4 Å². The van der Waals surface area contributed by atoms with E-state index in [2.05, 4.69) is 20.4 Å². The molecule has 0 fully saturated rings. The fourth-order valence-corrected chi connectivity index (χ4v) is 2.28. The number of fused-ring (bicyclic) bond motifs is 1. The number of amides is 1. The number of carbonyl (C=O) groups is 2. The van der Waals surface area contributed by atoms with Crippen LogP contribution in [0.1, 0.15) is 27.6 Å². The van der Waals surface area contributed by atoms with Crippen molar-refractivity contribution in [1.29, 1.82) is 0 Å². The average molecular weight is 339 g/mol. The topological polar surface area (TPSA) is 98.5 Å². The van der Waals surface area contributed by atoms with E-state index in [4.69, 9.17) is 4.74 Å². The van der Waals surface area contributed by atoms with Crippen molar-refractivity contribution in [1.82, 2.24) is 24.9 Å². The van der Waals surface area contributed by atoms with Gasteiger partial charge in [-0.2, -0.15) is 4.98 Å². The van der Waals surface area contributed by atoms with Crippen LogP contribution in [-0.4, -0.2) is 38.0 Å². The van der Waals surface area contributed by atoms with Gasteiger partial charge in [0.15, 0.2) is 0 Å². The molecule has 128 valence electrons. The van der Waals surface area contributed by atoms with E-state index in [0.29, 0.717) is 5.78 Å². The second kappa shape index (κ2) is 7.08. The molecule has 3 rings (SSSR count). The van der Waals surface area contributed by atoms with E-state index in [1.165, 1.54) is 4.52 Å². The highest BCUT2D eigenvalue weighted by molar-refractivity contribution is 5.92. The highest BCUT2D eigenvalue weighted by atomic mass is 16.5. The average Bonchev–Trinajstić information content (AvgIpc) is 3.03. The Morgan fingerprint density at radius 1 is 1.16 bits per heavy atom. The first-order chi connectivity index (χ1) is 12.0. The van der Waals surface area contributed by atoms with Crippen molar-refractivity contribution < 1.29 is 14.3 Å². The molecule has 1 amide bonds. The lowest BCUT2D eigenvalue weighted by molar-refractivity contribution is -0.143. The molecule has 0 aliphatic carbocycles. The van der Waals surface area contributed by atoms with E-state index in [1.807, 2.05) is 50.2 Å². The van der Waals surface area contributed by atoms with Gasteiger partial charge in [-0.3, -0.25) is 9.59 Å². The lowest BCUT2D eigenvalue weighted by atomic mass is 10.2. The van der Waals surface area contributed by atoms with Crippen molar-refractivity contribution in [2.24, 2.45) is 0 Å². The molecule has 2 aromatic heterocycles. The first-order valence-corrected chi connectivity index (χ1v) is 7.71. The number of nitrogens with zero attached hydrogens (tertiary/aromatic N) is 4. The first kappa shape index (κ1) is 16.6. The summed E-state index contributed by atoms with van der Waals surface area (Å²) in [6.07, 6.45) is 0. The van der Waals surface area contributed by atoms with Crippen molar-refractivity contribution in [2.75, 3.05) is 6.54 Å². The summed E-state index contributed by atoms with van der Waals surface area (Å²) < 4.78 is 6.58. The normalized spacial score (nSPS) is 10.6. The Hall–Kier alpha value is -3.29. The molecular weight excluding hydrogens is 322 g/mol. The number of hydrogen-bond acceptors (Lipinski definition) is 6. The number of carbonyl (C=O) groups excluding carboxylic acids is 2. The fraction of sp³-hybridized carbons (Fsp3) is 0.235. The number of aromatic nitrogens is 4. The maximum absolute atomic E-state index is 12.1. The summed E-state index contributed by atoms with van der Waals surface area (Å²) in [4.78, 5) is 32.1. The van der Waals surface area contributed by atoms with Crippen LogP contribution >= 0.6 is 0 Å². The summed E-state index contributed by atoms with van der Waals surface area (Å²) in [6.45, 7) is 3.58. The van der Waals surface area contributed by atoms with E-state index in [1.54, 1.807) is 0 Å². The molecule has 0 saturated carbocycles. The summed E-state index contributed by atoms with van der Waals surface area (Å²) in [7, 11) is 0. The van der Waals surface area contributed by atoms with Gasteiger partial charge in [-0.05, 0) is 25.5 Å². The van der Waals surface area contributed by atoms with Gasteiger partial charge >= 0.3 is 5.97 Å². The zero-order valence-corrected chi connectivity index (χ0v) is 13.9. The predicted octanol–water partition coefficient (Wildman–Crippen LogP) is 1.21. The van der Waals surface area contributed by atoms with E-state index >= 15 is 0 Å². The Kier molecular flexibility index (Phi) is 4.69. The van der Waals surface area contributed by atoms with E-state index in [9.17, 15) is 9.59 Å². The summed E-state index contributed by atoms with van der Waals surface area (Å²) in [5, 5.41) is 6.55. The molecule has 0 bridgehead atoms. The minimum Gasteiger partial charge on any atom is -0.460 e. The van der Waals surface area contributed by atoms with Crippen LogP contribution in [-0.2, 0) is 16.1 Å². The summed E-state index contributed by atoms with van der Waals surface area (Å²) >= 11 is 0. The zero-order chi connectivity index (χ0) is 17.8. The van der Waals surface area contributed by atoms with E-state index in [-0.39, 0.29) is 19.0 Å². The molecule has 3 aromatic rings. The van der Waals surface area contributed by atoms with Gasteiger partial charge in [0.2, 0.25) is 5.82 Å². The minimum absolute atomic E-state index is 0.0444. The SMILES string of the molecule is Cc1cc(C)n2nc(C(=O)NCC(=O)OCc3ccccc3)nc2n1. The quantitative estimate of drug-likeness (QED) is 0.702. The van der Waals surface area contributed by atoms with Crippen LogP contribution in [0.25, 0.3) is 5.78 Å². The smallest absolute Gasteiger partial charge is 0.325 e. The van der Waals surface area contributed by atoms with Gasteiger partial charge in [0, 0.05) is 11.4 Å². The highest BCUT2D eigenvalue weighted by Crippen LogP contribution is 2.05. The van der Waals surface area contributed by atoms with Crippen LogP contribution in [0.3, 0.4) is 0 Å². The number of esters is 1. The van der Waals surface area contributed by atoms with Crippen molar-refractivity contribution >= 4 is 17.7 Å². The Bertz CT molecular complexity index is 921. The Morgan fingerprint density at radius 3 is 2.68 bits per heavy atom.